The first-order valence-electron chi connectivity index (χ1n) is 12.3. The molecule has 192 valence electrons. The van der Waals surface area contributed by atoms with Crippen LogP contribution in [-0.4, -0.2) is 74.9 Å². The number of hydrogen-bond acceptors (Lipinski definition) is 8. The van der Waals surface area contributed by atoms with Crippen LogP contribution in [0.4, 0.5) is 10.1 Å². The Bertz CT molecular complexity index is 1480. The van der Waals surface area contributed by atoms with Gasteiger partial charge in [0.2, 0.25) is 17.7 Å². The lowest BCUT2D eigenvalue weighted by molar-refractivity contribution is -0.132. The number of nitrogens with one attached hydrogen (secondary N) is 1. The zero-order chi connectivity index (χ0) is 25.4. The Hall–Kier alpha value is -4.06. The molecule has 0 saturated carbocycles. The molecule has 0 unspecified atom stereocenters. The number of likely N-dealkylation sites (tertiary alicyclic amines) is 1. The summed E-state index contributed by atoms with van der Waals surface area (Å²) in [6, 6.07) is 8.28. The van der Waals surface area contributed by atoms with Gasteiger partial charge in [0.1, 0.15) is 12.2 Å². The molecule has 4 aromatic rings. The molecular formula is C25H26FN7O4. The van der Waals surface area contributed by atoms with Crippen molar-refractivity contribution >= 4 is 22.8 Å². The van der Waals surface area contributed by atoms with Crippen LogP contribution in [0.15, 0.2) is 45.7 Å². The zero-order valence-electron chi connectivity index (χ0n) is 20.1. The number of aromatic nitrogens is 5. The fourth-order valence-electron chi connectivity index (χ4n) is 5.08. The summed E-state index contributed by atoms with van der Waals surface area (Å²) in [7, 11) is 0. The van der Waals surface area contributed by atoms with E-state index in [0.717, 1.165) is 11.2 Å². The smallest absolute Gasteiger partial charge is 0.327 e. The number of ether oxygens (including phenoxy) is 1. The largest absolute Gasteiger partial charge is 0.420 e. The van der Waals surface area contributed by atoms with Crippen molar-refractivity contribution in [1.82, 2.24) is 29.6 Å². The summed E-state index contributed by atoms with van der Waals surface area (Å²) in [5.74, 6) is -0.182. The molecule has 1 aromatic carbocycles. The minimum absolute atomic E-state index is 0.0156. The van der Waals surface area contributed by atoms with Crippen molar-refractivity contribution in [2.45, 2.75) is 25.3 Å². The SMILES string of the molecule is O=C(Cc1nnc(-c2cc(F)cc(N3CCOCC3)c2)o1)N1CCC(n2c(=O)[nH]c3ncccc32)CC1. The van der Waals surface area contributed by atoms with E-state index >= 15 is 0 Å². The Kier molecular flexibility index (Phi) is 6.16. The molecule has 5 heterocycles. The molecule has 2 aliphatic rings. The lowest BCUT2D eigenvalue weighted by Crippen LogP contribution is -2.41. The summed E-state index contributed by atoms with van der Waals surface area (Å²) in [6.07, 6.45) is 2.90. The summed E-state index contributed by atoms with van der Waals surface area (Å²) >= 11 is 0. The van der Waals surface area contributed by atoms with E-state index in [1.807, 2.05) is 11.0 Å². The van der Waals surface area contributed by atoms with Crippen molar-refractivity contribution in [3.05, 3.63) is 58.7 Å². The first-order valence-corrected chi connectivity index (χ1v) is 12.3. The van der Waals surface area contributed by atoms with Crippen molar-refractivity contribution in [1.29, 1.82) is 0 Å². The summed E-state index contributed by atoms with van der Waals surface area (Å²) in [5.41, 5.74) is 2.33. The lowest BCUT2D eigenvalue weighted by atomic mass is 10.0. The highest BCUT2D eigenvalue weighted by molar-refractivity contribution is 5.78. The first-order chi connectivity index (χ1) is 18.0. The topological polar surface area (TPSA) is 122 Å². The molecule has 2 aliphatic heterocycles. The monoisotopic (exact) mass is 507 g/mol. The van der Waals surface area contributed by atoms with E-state index in [-0.39, 0.29) is 35.8 Å². The van der Waals surface area contributed by atoms with Crippen LogP contribution in [0.5, 0.6) is 0 Å². The molecule has 1 N–H and O–H groups in total. The van der Waals surface area contributed by atoms with E-state index in [1.54, 1.807) is 27.8 Å². The highest BCUT2D eigenvalue weighted by Crippen LogP contribution is 2.27. The van der Waals surface area contributed by atoms with Gasteiger partial charge in [-0.25, -0.2) is 14.2 Å². The number of carbonyl (C=O) groups is 1. The number of halogens is 1. The molecule has 12 heteroatoms. The standard InChI is InChI=1S/C25H26FN7O4/c26-17-12-16(13-19(14-17)31-8-10-36-11-9-31)24-30-29-21(37-24)15-22(34)32-6-3-18(4-7-32)33-20-2-1-5-27-23(20)28-25(33)35/h1-2,5,12-14,18H,3-4,6-11,15H2,(H,27,28,35). The molecule has 0 spiro atoms. The predicted molar refractivity (Wildman–Crippen MR) is 132 cm³/mol. The second kappa shape index (κ2) is 9.77. The number of benzene rings is 1. The number of piperidine rings is 1. The molecule has 0 radical (unpaired) electrons. The highest BCUT2D eigenvalue weighted by atomic mass is 19.1. The number of amides is 1. The average molecular weight is 508 g/mol. The van der Waals surface area contributed by atoms with Gasteiger partial charge in [-0.1, -0.05) is 0 Å². The number of hydrogen-bond donors (Lipinski definition) is 1. The fraction of sp³-hybridized carbons (Fsp3) is 0.400. The number of anilines is 1. The van der Waals surface area contributed by atoms with Crippen molar-refractivity contribution < 1.29 is 18.3 Å². The Morgan fingerprint density at radius 2 is 1.92 bits per heavy atom. The quantitative estimate of drug-likeness (QED) is 0.436. The molecule has 6 rings (SSSR count). The van der Waals surface area contributed by atoms with E-state index in [0.29, 0.717) is 63.4 Å². The molecule has 2 fully saturated rings. The van der Waals surface area contributed by atoms with E-state index in [1.165, 1.54) is 12.1 Å². The van der Waals surface area contributed by atoms with Crippen molar-refractivity contribution in [3.63, 3.8) is 0 Å². The fourth-order valence-corrected chi connectivity index (χ4v) is 5.08. The number of nitrogens with zero attached hydrogens (tertiary/aromatic N) is 6. The van der Waals surface area contributed by atoms with Crippen LogP contribution in [0.2, 0.25) is 0 Å². The molecule has 37 heavy (non-hydrogen) atoms. The van der Waals surface area contributed by atoms with Crippen molar-refractivity contribution in [2.75, 3.05) is 44.3 Å². The van der Waals surface area contributed by atoms with Crippen LogP contribution in [0.1, 0.15) is 24.8 Å². The number of carbonyl (C=O) groups excluding carboxylic acids is 1. The number of rotatable bonds is 5. The summed E-state index contributed by atoms with van der Waals surface area (Å²) in [6.45, 7) is 3.55. The van der Waals surface area contributed by atoms with Crippen LogP contribution in [0.3, 0.4) is 0 Å². The maximum atomic E-state index is 14.3. The minimum atomic E-state index is -0.400. The predicted octanol–water partition coefficient (Wildman–Crippen LogP) is 2.16. The maximum absolute atomic E-state index is 14.3. The Morgan fingerprint density at radius 3 is 2.73 bits per heavy atom. The van der Waals surface area contributed by atoms with Gasteiger partial charge >= 0.3 is 5.69 Å². The Morgan fingerprint density at radius 1 is 1.11 bits per heavy atom. The lowest BCUT2D eigenvalue weighted by Gasteiger charge is -2.32. The molecule has 3 aromatic heterocycles. The number of aromatic amines is 1. The molecule has 0 aliphatic carbocycles. The number of fused-ring (bicyclic) bond motifs is 1. The second-order valence-electron chi connectivity index (χ2n) is 9.26. The third-order valence-corrected chi connectivity index (χ3v) is 6.95. The summed E-state index contributed by atoms with van der Waals surface area (Å²) in [5, 5.41) is 8.08. The van der Waals surface area contributed by atoms with Gasteiger partial charge in [-0.2, -0.15) is 0 Å². The van der Waals surface area contributed by atoms with Gasteiger partial charge in [0.15, 0.2) is 5.65 Å². The molecule has 1 amide bonds. The summed E-state index contributed by atoms with van der Waals surface area (Å²) in [4.78, 5) is 36.2. The normalized spacial score (nSPS) is 17.0. The van der Waals surface area contributed by atoms with Crippen LogP contribution >= 0.6 is 0 Å². The first kappa shape index (κ1) is 23.3. The van der Waals surface area contributed by atoms with Crippen LogP contribution < -0.4 is 10.6 Å². The molecule has 0 bridgehead atoms. The number of imidazole rings is 1. The second-order valence-corrected chi connectivity index (χ2v) is 9.26. The molecule has 0 atom stereocenters. The third kappa shape index (κ3) is 4.71. The number of H-pyrrole nitrogens is 1. The van der Waals surface area contributed by atoms with Gasteiger partial charge in [-0.3, -0.25) is 14.3 Å². The van der Waals surface area contributed by atoms with Crippen LogP contribution in [0, 0.1) is 5.82 Å². The van der Waals surface area contributed by atoms with Gasteiger partial charge in [-0.05, 0) is 43.2 Å². The Labute approximate surface area is 210 Å². The summed E-state index contributed by atoms with van der Waals surface area (Å²) < 4.78 is 27.2. The van der Waals surface area contributed by atoms with Gasteiger partial charge in [0.05, 0.1) is 18.7 Å². The van der Waals surface area contributed by atoms with E-state index in [4.69, 9.17) is 9.15 Å². The van der Waals surface area contributed by atoms with Crippen LogP contribution in [0.25, 0.3) is 22.6 Å². The number of morpholine rings is 1. The van der Waals surface area contributed by atoms with Crippen molar-refractivity contribution in [2.24, 2.45) is 0 Å². The Balaban J connectivity index is 1.10. The van der Waals surface area contributed by atoms with Crippen LogP contribution in [-0.2, 0) is 16.0 Å². The van der Waals surface area contributed by atoms with E-state index < -0.39 is 5.82 Å². The average Bonchev–Trinajstić information content (AvgIpc) is 3.52. The highest BCUT2D eigenvalue weighted by Gasteiger charge is 2.27. The minimum Gasteiger partial charge on any atom is -0.420 e. The van der Waals surface area contributed by atoms with Gasteiger partial charge in [0, 0.05) is 49.7 Å². The van der Waals surface area contributed by atoms with E-state index in [9.17, 15) is 14.0 Å². The zero-order valence-corrected chi connectivity index (χ0v) is 20.1. The number of pyridine rings is 1. The molecular weight excluding hydrogens is 481 g/mol. The van der Waals surface area contributed by atoms with Gasteiger partial charge < -0.3 is 19.0 Å². The molecule has 11 nitrogen and oxygen atoms in total. The van der Waals surface area contributed by atoms with Gasteiger partial charge in [-0.15, -0.1) is 10.2 Å². The maximum Gasteiger partial charge on any atom is 0.327 e. The third-order valence-electron chi connectivity index (χ3n) is 6.95. The van der Waals surface area contributed by atoms with Crippen molar-refractivity contribution in [3.8, 4) is 11.5 Å². The van der Waals surface area contributed by atoms with E-state index in [2.05, 4.69) is 20.2 Å². The van der Waals surface area contributed by atoms with Gasteiger partial charge in [0.25, 0.3) is 0 Å². The molecule has 2 saturated heterocycles.